The summed E-state index contributed by atoms with van der Waals surface area (Å²) in [4.78, 5) is 0. The van der Waals surface area contributed by atoms with Gasteiger partial charge in [0.2, 0.25) is 0 Å². The van der Waals surface area contributed by atoms with Crippen LogP contribution in [0.4, 0.5) is 4.39 Å². The molecule has 1 rings (SSSR count). The SMILES string of the molecule is CC(C)C1CCC(F)(P)CC1. The molecule has 1 atom stereocenters. The van der Waals surface area contributed by atoms with Gasteiger partial charge >= 0.3 is 0 Å². The topological polar surface area (TPSA) is 0 Å². The fourth-order valence-corrected chi connectivity index (χ4v) is 2.12. The summed E-state index contributed by atoms with van der Waals surface area (Å²) in [6.07, 6.45) is 3.61. The highest BCUT2D eigenvalue weighted by Crippen LogP contribution is 2.41. The van der Waals surface area contributed by atoms with E-state index < -0.39 is 5.41 Å². The maximum absolute atomic E-state index is 13.3. The second-order valence-corrected chi connectivity index (χ2v) is 5.15. The summed E-state index contributed by atoms with van der Waals surface area (Å²) in [6, 6.07) is 0. The van der Waals surface area contributed by atoms with Crippen LogP contribution in [-0.4, -0.2) is 5.41 Å². The maximum atomic E-state index is 13.3. The molecule has 1 aliphatic carbocycles. The van der Waals surface area contributed by atoms with E-state index in [2.05, 4.69) is 23.1 Å². The second-order valence-electron chi connectivity index (χ2n) is 4.12. The fraction of sp³-hybridized carbons (Fsp3) is 1.00. The summed E-state index contributed by atoms with van der Waals surface area (Å²) in [5, 5.41) is -0.939. The molecule has 1 fully saturated rings. The summed E-state index contributed by atoms with van der Waals surface area (Å²) < 4.78 is 13.3. The number of rotatable bonds is 1. The van der Waals surface area contributed by atoms with Gasteiger partial charge in [-0.1, -0.05) is 23.1 Å². The molecule has 0 amide bonds. The lowest BCUT2D eigenvalue weighted by Gasteiger charge is -2.32. The second kappa shape index (κ2) is 3.39. The van der Waals surface area contributed by atoms with Gasteiger partial charge in [-0.2, -0.15) is 0 Å². The van der Waals surface area contributed by atoms with Crippen molar-refractivity contribution in [3.8, 4) is 0 Å². The van der Waals surface area contributed by atoms with Crippen molar-refractivity contribution in [2.75, 3.05) is 0 Å². The Morgan fingerprint density at radius 1 is 1.36 bits per heavy atom. The molecule has 0 bridgehead atoms. The van der Waals surface area contributed by atoms with E-state index in [9.17, 15) is 4.39 Å². The monoisotopic (exact) mass is 176 g/mol. The Labute approximate surface area is 71.1 Å². The molecule has 0 N–H and O–H groups in total. The van der Waals surface area contributed by atoms with E-state index in [1.54, 1.807) is 0 Å². The highest BCUT2D eigenvalue weighted by atomic mass is 31.0. The molecule has 2 heteroatoms. The summed E-state index contributed by atoms with van der Waals surface area (Å²) in [6.45, 7) is 4.47. The highest BCUT2D eigenvalue weighted by molar-refractivity contribution is 7.18. The molecule has 66 valence electrons. The number of hydrogen-bond donors (Lipinski definition) is 0. The van der Waals surface area contributed by atoms with Crippen molar-refractivity contribution in [3.05, 3.63) is 0 Å². The van der Waals surface area contributed by atoms with Crippen molar-refractivity contribution in [3.63, 3.8) is 0 Å². The molecule has 0 aliphatic heterocycles. The third-order valence-electron chi connectivity index (χ3n) is 2.80. The summed E-state index contributed by atoms with van der Waals surface area (Å²) >= 11 is 0. The molecular weight excluding hydrogens is 158 g/mol. The first kappa shape index (κ1) is 9.45. The zero-order chi connectivity index (χ0) is 8.48. The van der Waals surface area contributed by atoms with E-state index in [4.69, 9.17) is 0 Å². The highest BCUT2D eigenvalue weighted by Gasteiger charge is 2.31. The molecule has 0 spiro atoms. The molecule has 0 aromatic carbocycles. The Hall–Kier alpha value is 0.360. The summed E-state index contributed by atoms with van der Waals surface area (Å²) in [5.41, 5.74) is 0. The molecule has 11 heavy (non-hydrogen) atoms. The van der Waals surface area contributed by atoms with Crippen LogP contribution < -0.4 is 0 Å². The van der Waals surface area contributed by atoms with Crippen molar-refractivity contribution < 1.29 is 4.39 Å². The Morgan fingerprint density at radius 3 is 2.18 bits per heavy atom. The van der Waals surface area contributed by atoms with Crippen LogP contribution in [0.5, 0.6) is 0 Å². The first-order valence-electron chi connectivity index (χ1n) is 4.49. The molecule has 0 saturated heterocycles. The molecule has 0 radical (unpaired) electrons. The number of hydrogen-bond acceptors (Lipinski definition) is 0. The minimum atomic E-state index is -0.939. The average Bonchev–Trinajstić information content (AvgIpc) is 1.86. The van der Waals surface area contributed by atoms with Gasteiger partial charge in [0.25, 0.3) is 0 Å². The van der Waals surface area contributed by atoms with Gasteiger partial charge < -0.3 is 0 Å². The number of halogens is 1. The third-order valence-corrected chi connectivity index (χ3v) is 3.38. The van der Waals surface area contributed by atoms with Gasteiger partial charge in [0, 0.05) is 0 Å². The Balaban J connectivity index is 2.36. The fourth-order valence-electron chi connectivity index (χ4n) is 1.79. The third kappa shape index (κ3) is 2.71. The van der Waals surface area contributed by atoms with E-state index in [0.29, 0.717) is 0 Å². The first-order chi connectivity index (χ1) is 5.01. The lowest BCUT2D eigenvalue weighted by atomic mass is 9.81. The van der Waals surface area contributed by atoms with Crippen LogP contribution in [0.2, 0.25) is 0 Å². The zero-order valence-electron chi connectivity index (χ0n) is 7.44. The molecule has 1 saturated carbocycles. The summed E-state index contributed by atoms with van der Waals surface area (Å²) in [7, 11) is 2.35. The summed E-state index contributed by atoms with van der Waals surface area (Å²) in [5.74, 6) is 1.50. The Bertz CT molecular complexity index is 122. The normalized spacial score (nSPS) is 39.5. The van der Waals surface area contributed by atoms with E-state index in [0.717, 1.165) is 37.5 Å². The Kier molecular flexibility index (Phi) is 2.91. The lowest BCUT2D eigenvalue weighted by Crippen LogP contribution is -2.25. The van der Waals surface area contributed by atoms with Gasteiger partial charge in [-0.25, -0.2) is 4.39 Å². The van der Waals surface area contributed by atoms with Crippen LogP contribution >= 0.6 is 9.24 Å². The zero-order valence-corrected chi connectivity index (χ0v) is 8.59. The standard InChI is InChI=1S/C9H18FP/c1-7(2)8-3-5-9(10,11)6-4-8/h7-8H,3-6,11H2,1-2H3. The van der Waals surface area contributed by atoms with Crippen molar-refractivity contribution in [2.24, 2.45) is 11.8 Å². The minimum Gasteiger partial charge on any atom is -0.240 e. The number of alkyl halides is 1. The van der Waals surface area contributed by atoms with Crippen molar-refractivity contribution in [2.45, 2.75) is 44.9 Å². The van der Waals surface area contributed by atoms with Crippen molar-refractivity contribution >= 4 is 9.24 Å². The van der Waals surface area contributed by atoms with Gasteiger partial charge in [-0.3, -0.25) is 0 Å². The predicted octanol–water partition coefficient (Wildman–Crippen LogP) is 3.37. The van der Waals surface area contributed by atoms with Gasteiger partial charge in [0.05, 0.1) is 0 Å². The molecule has 0 aromatic heterocycles. The van der Waals surface area contributed by atoms with Crippen LogP contribution in [0.1, 0.15) is 39.5 Å². The van der Waals surface area contributed by atoms with Crippen LogP contribution in [0.3, 0.4) is 0 Å². The van der Waals surface area contributed by atoms with Crippen LogP contribution in [0.25, 0.3) is 0 Å². The molecular formula is C9H18FP. The van der Waals surface area contributed by atoms with E-state index in [-0.39, 0.29) is 0 Å². The van der Waals surface area contributed by atoms with E-state index in [1.807, 2.05) is 0 Å². The quantitative estimate of drug-likeness (QED) is 0.537. The molecule has 0 nitrogen and oxygen atoms in total. The maximum Gasteiger partial charge on any atom is 0.123 e. The van der Waals surface area contributed by atoms with Crippen LogP contribution in [0, 0.1) is 11.8 Å². The smallest absolute Gasteiger partial charge is 0.123 e. The predicted molar refractivity (Wildman–Crippen MR) is 50.3 cm³/mol. The van der Waals surface area contributed by atoms with Crippen molar-refractivity contribution in [1.82, 2.24) is 0 Å². The first-order valence-corrected chi connectivity index (χ1v) is 5.07. The minimum absolute atomic E-state index is 0.732. The molecule has 1 aliphatic rings. The van der Waals surface area contributed by atoms with Crippen LogP contribution in [-0.2, 0) is 0 Å². The van der Waals surface area contributed by atoms with Crippen LogP contribution in [0.15, 0.2) is 0 Å². The van der Waals surface area contributed by atoms with E-state index in [1.165, 1.54) is 0 Å². The Morgan fingerprint density at radius 2 is 1.82 bits per heavy atom. The largest absolute Gasteiger partial charge is 0.240 e. The van der Waals surface area contributed by atoms with Crippen molar-refractivity contribution in [1.29, 1.82) is 0 Å². The molecule has 1 unspecified atom stereocenters. The average molecular weight is 176 g/mol. The van der Waals surface area contributed by atoms with Gasteiger partial charge in [-0.05, 0) is 37.5 Å². The van der Waals surface area contributed by atoms with E-state index >= 15 is 0 Å². The van der Waals surface area contributed by atoms with Gasteiger partial charge in [0.15, 0.2) is 0 Å². The lowest BCUT2D eigenvalue weighted by molar-refractivity contribution is 0.151. The molecule has 0 heterocycles. The molecule has 0 aromatic rings. The van der Waals surface area contributed by atoms with Gasteiger partial charge in [-0.15, -0.1) is 0 Å². The van der Waals surface area contributed by atoms with Gasteiger partial charge in [0.1, 0.15) is 5.41 Å².